The average Bonchev–Trinajstić information content (AvgIpc) is 2.45. The third-order valence-electron chi connectivity index (χ3n) is 2.03. The highest BCUT2D eigenvalue weighted by Gasteiger charge is 2.13. The van der Waals surface area contributed by atoms with Crippen molar-refractivity contribution in [1.29, 1.82) is 0 Å². The Kier molecular flexibility index (Phi) is 4.10. The quantitative estimate of drug-likeness (QED) is 0.723. The highest BCUT2D eigenvalue weighted by atomic mass is 16.5. The zero-order chi connectivity index (χ0) is 10.6. The molecule has 0 aliphatic heterocycles. The summed E-state index contributed by atoms with van der Waals surface area (Å²) in [6.45, 7) is 4.97. The molecule has 0 radical (unpaired) electrons. The second-order valence-electron chi connectivity index (χ2n) is 3.43. The predicted octanol–water partition coefficient (Wildman–Crippen LogP) is 1.19. The SMILES string of the molecule is CCCOCC(O)c1cn(C)nc1C. The third-order valence-corrected chi connectivity index (χ3v) is 2.03. The summed E-state index contributed by atoms with van der Waals surface area (Å²) in [4.78, 5) is 0. The summed E-state index contributed by atoms with van der Waals surface area (Å²) in [5.74, 6) is 0. The molecule has 0 spiro atoms. The van der Waals surface area contributed by atoms with Gasteiger partial charge >= 0.3 is 0 Å². The second kappa shape index (κ2) is 5.12. The lowest BCUT2D eigenvalue weighted by Gasteiger charge is -2.09. The predicted molar refractivity (Wildman–Crippen MR) is 54.0 cm³/mol. The van der Waals surface area contributed by atoms with E-state index >= 15 is 0 Å². The van der Waals surface area contributed by atoms with Gasteiger partial charge in [0.05, 0.1) is 12.3 Å². The molecule has 1 aromatic rings. The molecule has 14 heavy (non-hydrogen) atoms. The first kappa shape index (κ1) is 11.2. The number of aryl methyl sites for hydroxylation is 2. The van der Waals surface area contributed by atoms with E-state index in [2.05, 4.69) is 5.10 Å². The molecule has 1 aromatic heterocycles. The molecule has 0 bridgehead atoms. The van der Waals surface area contributed by atoms with E-state index in [0.29, 0.717) is 13.2 Å². The first-order valence-electron chi connectivity index (χ1n) is 4.91. The average molecular weight is 198 g/mol. The Morgan fingerprint density at radius 2 is 2.36 bits per heavy atom. The van der Waals surface area contributed by atoms with E-state index < -0.39 is 6.10 Å². The van der Waals surface area contributed by atoms with Crippen LogP contribution in [0.1, 0.15) is 30.7 Å². The molecule has 0 aromatic carbocycles. The first-order valence-corrected chi connectivity index (χ1v) is 4.91. The van der Waals surface area contributed by atoms with Crippen LogP contribution in [0.2, 0.25) is 0 Å². The molecule has 0 fully saturated rings. The first-order chi connectivity index (χ1) is 6.65. The molecule has 1 heterocycles. The molecule has 80 valence electrons. The Morgan fingerprint density at radius 1 is 1.64 bits per heavy atom. The topological polar surface area (TPSA) is 47.3 Å². The van der Waals surface area contributed by atoms with E-state index in [4.69, 9.17) is 4.74 Å². The maximum Gasteiger partial charge on any atom is 0.106 e. The van der Waals surface area contributed by atoms with Gasteiger partial charge in [0, 0.05) is 25.4 Å². The fourth-order valence-corrected chi connectivity index (χ4v) is 1.37. The minimum atomic E-state index is -0.560. The molecule has 0 aliphatic rings. The smallest absolute Gasteiger partial charge is 0.106 e. The Balaban J connectivity index is 2.51. The maximum absolute atomic E-state index is 9.76. The van der Waals surface area contributed by atoms with Gasteiger partial charge in [-0.25, -0.2) is 0 Å². The highest BCUT2D eigenvalue weighted by molar-refractivity contribution is 5.18. The van der Waals surface area contributed by atoms with Crippen LogP contribution >= 0.6 is 0 Å². The molecule has 4 heteroatoms. The lowest BCUT2D eigenvalue weighted by atomic mass is 10.1. The van der Waals surface area contributed by atoms with Crippen molar-refractivity contribution in [2.24, 2.45) is 7.05 Å². The van der Waals surface area contributed by atoms with Crippen molar-refractivity contribution in [2.45, 2.75) is 26.4 Å². The summed E-state index contributed by atoms with van der Waals surface area (Å²) in [5.41, 5.74) is 1.71. The molecule has 0 amide bonds. The maximum atomic E-state index is 9.76. The van der Waals surface area contributed by atoms with Crippen molar-refractivity contribution in [1.82, 2.24) is 9.78 Å². The van der Waals surface area contributed by atoms with E-state index in [0.717, 1.165) is 17.7 Å². The number of aliphatic hydroxyl groups excluding tert-OH is 1. The molecule has 4 nitrogen and oxygen atoms in total. The van der Waals surface area contributed by atoms with Gasteiger partial charge in [0.1, 0.15) is 6.10 Å². The van der Waals surface area contributed by atoms with Crippen molar-refractivity contribution < 1.29 is 9.84 Å². The molecule has 0 saturated carbocycles. The van der Waals surface area contributed by atoms with E-state index in [9.17, 15) is 5.11 Å². The second-order valence-corrected chi connectivity index (χ2v) is 3.43. The fourth-order valence-electron chi connectivity index (χ4n) is 1.37. The van der Waals surface area contributed by atoms with Gasteiger partial charge in [0.25, 0.3) is 0 Å². The van der Waals surface area contributed by atoms with Crippen molar-refractivity contribution in [3.63, 3.8) is 0 Å². The van der Waals surface area contributed by atoms with Crippen molar-refractivity contribution in [3.05, 3.63) is 17.5 Å². The summed E-state index contributed by atoms with van der Waals surface area (Å²) < 4.78 is 6.98. The van der Waals surface area contributed by atoms with Crippen molar-refractivity contribution in [2.75, 3.05) is 13.2 Å². The number of hydrogen-bond acceptors (Lipinski definition) is 3. The van der Waals surface area contributed by atoms with Crippen LogP contribution in [0.3, 0.4) is 0 Å². The highest BCUT2D eigenvalue weighted by Crippen LogP contribution is 2.16. The number of ether oxygens (including phenoxy) is 1. The number of aliphatic hydroxyl groups is 1. The van der Waals surface area contributed by atoms with Gasteiger partial charge in [-0.2, -0.15) is 5.10 Å². The molecule has 1 atom stereocenters. The van der Waals surface area contributed by atoms with Crippen molar-refractivity contribution >= 4 is 0 Å². The van der Waals surface area contributed by atoms with E-state index in [1.165, 1.54) is 0 Å². The van der Waals surface area contributed by atoms with Gasteiger partial charge in [-0.3, -0.25) is 4.68 Å². The van der Waals surface area contributed by atoms with Crippen LogP contribution in [0.4, 0.5) is 0 Å². The van der Waals surface area contributed by atoms with Crippen LogP contribution in [-0.2, 0) is 11.8 Å². The van der Waals surface area contributed by atoms with Gasteiger partial charge < -0.3 is 9.84 Å². The zero-order valence-corrected chi connectivity index (χ0v) is 9.03. The number of hydrogen-bond donors (Lipinski definition) is 1. The summed E-state index contributed by atoms with van der Waals surface area (Å²) in [5, 5.41) is 13.9. The molecule has 0 aliphatic carbocycles. The van der Waals surface area contributed by atoms with E-state index in [1.54, 1.807) is 4.68 Å². The van der Waals surface area contributed by atoms with E-state index in [-0.39, 0.29) is 0 Å². The number of aromatic nitrogens is 2. The normalized spacial score (nSPS) is 13.1. The summed E-state index contributed by atoms with van der Waals surface area (Å²) in [6.07, 6.45) is 2.24. The zero-order valence-electron chi connectivity index (χ0n) is 9.03. The van der Waals surface area contributed by atoms with Gasteiger partial charge in [-0.15, -0.1) is 0 Å². The standard InChI is InChI=1S/C10H18N2O2/c1-4-5-14-7-10(13)9-6-12(3)11-8(9)2/h6,10,13H,4-5,7H2,1-3H3. The molecular formula is C10H18N2O2. The van der Waals surface area contributed by atoms with E-state index in [1.807, 2.05) is 27.1 Å². The summed E-state index contributed by atoms with van der Waals surface area (Å²) in [7, 11) is 1.84. The van der Waals surface area contributed by atoms with Crippen molar-refractivity contribution in [3.8, 4) is 0 Å². The Labute approximate surface area is 84.5 Å². The number of nitrogens with zero attached hydrogens (tertiary/aromatic N) is 2. The molecule has 1 rings (SSSR count). The summed E-state index contributed by atoms with van der Waals surface area (Å²) >= 11 is 0. The van der Waals surface area contributed by atoms with Gasteiger partial charge in [0.15, 0.2) is 0 Å². The largest absolute Gasteiger partial charge is 0.386 e. The van der Waals surface area contributed by atoms with Gasteiger partial charge in [-0.05, 0) is 13.3 Å². The minimum absolute atomic E-state index is 0.348. The van der Waals surface area contributed by atoms with Gasteiger partial charge in [0.2, 0.25) is 0 Å². The fraction of sp³-hybridized carbons (Fsp3) is 0.700. The van der Waals surface area contributed by atoms with Crippen LogP contribution in [0.5, 0.6) is 0 Å². The summed E-state index contributed by atoms with van der Waals surface area (Å²) in [6, 6.07) is 0. The monoisotopic (exact) mass is 198 g/mol. The Morgan fingerprint density at radius 3 is 2.86 bits per heavy atom. The molecule has 1 unspecified atom stereocenters. The van der Waals surface area contributed by atoms with Gasteiger partial charge in [-0.1, -0.05) is 6.92 Å². The number of rotatable bonds is 5. The van der Waals surface area contributed by atoms with Crippen LogP contribution < -0.4 is 0 Å². The lowest BCUT2D eigenvalue weighted by Crippen LogP contribution is -2.08. The van der Waals surface area contributed by atoms with Crippen LogP contribution in [0, 0.1) is 6.92 Å². The van der Waals surface area contributed by atoms with Crippen LogP contribution in [-0.4, -0.2) is 28.1 Å². The Hall–Kier alpha value is -0.870. The lowest BCUT2D eigenvalue weighted by molar-refractivity contribution is 0.0360. The molecular weight excluding hydrogens is 180 g/mol. The third kappa shape index (κ3) is 2.82. The minimum Gasteiger partial charge on any atom is -0.386 e. The molecule has 1 N–H and O–H groups in total. The van der Waals surface area contributed by atoms with Crippen LogP contribution in [0.15, 0.2) is 6.20 Å². The Bertz CT molecular complexity index is 284. The van der Waals surface area contributed by atoms with Crippen LogP contribution in [0.25, 0.3) is 0 Å². The molecule has 0 saturated heterocycles.